The molecule has 0 saturated carbocycles. The summed E-state index contributed by atoms with van der Waals surface area (Å²) in [5, 5.41) is 6.55. The summed E-state index contributed by atoms with van der Waals surface area (Å²) < 4.78 is 34.7. The molecule has 218 valence electrons. The van der Waals surface area contributed by atoms with E-state index in [9.17, 15) is 22.8 Å². The van der Waals surface area contributed by atoms with Crippen molar-refractivity contribution in [3.8, 4) is 5.88 Å². The van der Waals surface area contributed by atoms with Gasteiger partial charge in [0.25, 0.3) is 17.7 Å². The van der Waals surface area contributed by atoms with Gasteiger partial charge in [0.15, 0.2) is 11.4 Å². The van der Waals surface area contributed by atoms with Gasteiger partial charge in [0.2, 0.25) is 15.9 Å². The molecule has 0 unspecified atom stereocenters. The fourth-order valence-corrected chi connectivity index (χ4v) is 5.76. The highest BCUT2D eigenvalue weighted by Crippen LogP contribution is 2.27. The molecular weight excluding hydrogens is 554 g/mol. The monoisotopic (exact) mass is 585 g/mol. The Labute approximate surface area is 236 Å². The van der Waals surface area contributed by atoms with E-state index in [1.165, 1.54) is 10.5 Å². The maximum Gasteiger partial charge on any atom is 0.271 e. The highest BCUT2D eigenvalue weighted by Gasteiger charge is 2.32. The minimum absolute atomic E-state index is 0.0555. The van der Waals surface area contributed by atoms with Crippen molar-refractivity contribution in [2.45, 2.75) is 25.3 Å². The van der Waals surface area contributed by atoms with Crippen molar-refractivity contribution in [1.82, 2.24) is 29.0 Å². The van der Waals surface area contributed by atoms with Crippen LogP contribution in [0.5, 0.6) is 5.88 Å². The number of amides is 3. The van der Waals surface area contributed by atoms with Crippen LogP contribution < -0.4 is 21.5 Å². The Morgan fingerprint density at radius 1 is 1.05 bits per heavy atom. The van der Waals surface area contributed by atoms with Crippen LogP contribution in [0.1, 0.15) is 50.9 Å². The normalized spacial score (nSPS) is 14.5. The van der Waals surface area contributed by atoms with Gasteiger partial charge in [-0.1, -0.05) is 13.0 Å². The van der Waals surface area contributed by atoms with Crippen molar-refractivity contribution >= 4 is 33.4 Å². The average molecular weight is 586 g/mol. The Morgan fingerprint density at radius 2 is 1.78 bits per heavy atom. The molecule has 3 aromatic heterocycles. The number of likely N-dealkylation sites (N-methyl/N-ethyl adjacent to an activating group) is 1. The quantitative estimate of drug-likeness (QED) is 0.272. The van der Waals surface area contributed by atoms with E-state index in [1.54, 1.807) is 25.1 Å². The number of pyridine rings is 2. The molecule has 5 N–H and O–H groups in total. The Hall–Kier alpha value is -4.41. The molecule has 0 aliphatic carbocycles. The molecule has 1 aliphatic heterocycles. The summed E-state index contributed by atoms with van der Waals surface area (Å²) in [5.41, 5.74) is 10.3. The first-order valence-electron chi connectivity index (χ1n) is 12.8. The number of primary amides is 2. The lowest BCUT2D eigenvalue weighted by Crippen LogP contribution is -2.48. The minimum atomic E-state index is -3.99. The van der Waals surface area contributed by atoms with E-state index in [-0.39, 0.29) is 54.0 Å². The first-order chi connectivity index (χ1) is 19.6. The van der Waals surface area contributed by atoms with E-state index < -0.39 is 33.4 Å². The number of carbonyl (C=O) groups excluding carboxylic acids is 3. The Kier molecular flexibility index (Phi) is 8.95. The third-order valence-electron chi connectivity index (χ3n) is 6.46. The molecule has 15 nitrogen and oxygen atoms in total. The number of nitrogens with zero attached hydrogens (tertiary/aromatic N) is 6. The molecule has 0 aromatic carbocycles. The molecule has 1 fully saturated rings. The molecule has 0 atom stereocenters. The molecule has 4 rings (SSSR count). The topological polar surface area (TPSA) is 209 Å². The van der Waals surface area contributed by atoms with Crippen LogP contribution in [0.3, 0.4) is 0 Å². The highest BCUT2D eigenvalue weighted by atomic mass is 32.2. The van der Waals surface area contributed by atoms with E-state index in [0.29, 0.717) is 18.8 Å². The van der Waals surface area contributed by atoms with Gasteiger partial charge < -0.3 is 26.4 Å². The van der Waals surface area contributed by atoms with Crippen LogP contribution in [0.25, 0.3) is 0 Å². The van der Waals surface area contributed by atoms with Crippen LogP contribution in [0.4, 0.5) is 5.69 Å². The highest BCUT2D eigenvalue weighted by molar-refractivity contribution is 7.89. The first kappa shape index (κ1) is 29.6. The maximum absolute atomic E-state index is 13.6. The van der Waals surface area contributed by atoms with Gasteiger partial charge in [-0.3, -0.25) is 24.0 Å². The second-order valence-electron chi connectivity index (χ2n) is 9.03. The Morgan fingerprint density at radius 3 is 2.37 bits per heavy atom. The number of nitrogens with one attached hydrogen (secondary N) is 1. The molecular formula is C25H31N9O6S. The first-order valence-corrected chi connectivity index (χ1v) is 14.3. The van der Waals surface area contributed by atoms with Crippen molar-refractivity contribution in [3.05, 3.63) is 59.3 Å². The molecule has 4 heterocycles. The fourth-order valence-electron chi connectivity index (χ4n) is 4.37. The predicted molar refractivity (Wildman–Crippen MR) is 147 cm³/mol. The van der Waals surface area contributed by atoms with Crippen LogP contribution in [0, 0.1) is 0 Å². The molecule has 0 spiro atoms. The number of sulfonamides is 1. The SMILES string of the molecule is CCOc1ncc(S(=O)(=O)N2CCN(CC)CC2)cc1C(=O)Nc1c(C(N)=O)nn(Cc2ccccn2)c1C(N)=O. The number of aromatic nitrogens is 4. The Balaban J connectivity index is 1.72. The number of hydrogen-bond acceptors (Lipinski definition) is 10. The summed E-state index contributed by atoms with van der Waals surface area (Å²) in [6.07, 6.45) is 2.66. The molecule has 0 bridgehead atoms. The zero-order chi connectivity index (χ0) is 29.7. The molecule has 16 heteroatoms. The predicted octanol–water partition coefficient (Wildman–Crippen LogP) is -0.104. The summed E-state index contributed by atoms with van der Waals surface area (Å²) in [6.45, 7) is 6.25. The van der Waals surface area contributed by atoms with Crippen LogP contribution in [0.2, 0.25) is 0 Å². The lowest BCUT2D eigenvalue weighted by atomic mass is 10.2. The van der Waals surface area contributed by atoms with E-state index in [1.807, 2.05) is 6.92 Å². The third-order valence-corrected chi connectivity index (χ3v) is 8.33. The molecule has 3 amide bonds. The van der Waals surface area contributed by atoms with E-state index in [0.717, 1.165) is 23.5 Å². The molecule has 3 aromatic rings. The molecule has 41 heavy (non-hydrogen) atoms. The van der Waals surface area contributed by atoms with Crippen molar-refractivity contribution in [3.63, 3.8) is 0 Å². The van der Waals surface area contributed by atoms with E-state index >= 15 is 0 Å². The van der Waals surface area contributed by atoms with Gasteiger partial charge >= 0.3 is 0 Å². The second kappa shape index (κ2) is 12.4. The standard InChI is InChI=1S/C25H31N9O6S/c1-3-32-9-11-33(12-10-32)41(38,39)17-13-18(25(29-14-17)40-4-2)24(37)30-19-20(22(26)35)31-34(21(19)23(27)36)15-16-7-5-6-8-28-16/h5-8,13-14H,3-4,9-12,15H2,1-2H3,(H2,26,35)(H2,27,36)(H,30,37). The van der Waals surface area contributed by atoms with Gasteiger partial charge in [-0.25, -0.2) is 13.4 Å². The molecule has 1 saturated heterocycles. The fraction of sp³-hybridized carbons (Fsp3) is 0.360. The van der Waals surface area contributed by atoms with Gasteiger partial charge in [-0.05, 0) is 31.7 Å². The van der Waals surface area contributed by atoms with E-state index in [4.69, 9.17) is 16.2 Å². The summed E-state index contributed by atoms with van der Waals surface area (Å²) in [7, 11) is -3.99. The van der Waals surface area contributed by atoms with Gasteiger partial charge in [-0.2, -0.15) is 9.40 Å². The smallest absolute Gasteiger partial charge is 0.271 e. The lowest BCUT2D eigenvalue weighted by Gasteiger charge is -2.33. The number of ether oxygens (including phenoxy) is 1. The van der Waals surface area contributed by atoms with Crippen LogP contribution in [-0.4, -0.2) is 94.4 Å². The number of rotatable bonds is 11. The average Bonchev–Trinajstić information content (AvgIpc) is 3.31. The maximum atomic E-state index is 13.6. The van der Waals surface area contributed by atoms with Gasteiger partial charge in [-0.15, -0.1) is 0 Å². The lowest BCUT2D eigenvalue weighted by molar-refractivity contribution is 0.0984. The molecule has 1 aliphatic rings. The van der Waals surface area contributed by atoms with Crippen molar-refractivity contribution in [2.75, 3.05) is 44.6 Å². The number of carbonyl (C=O) groups is 3. The van der Waals surface area contributed by atoms with Crippen LogP contribution in [0.15, 0.2) is 41.6 Å². The number of nitrogens with two attached hydrogens (primary N) is 2. The third kappa shape index (κ3) is 6.34. The van der Waals surface area contributed by atoms with Crippen LogP contribution in [-0.2, 0) is 16.6 Å². The molecule has 0 radical (unpaired) electrons. The van der Waals surface area contributed by atoms with Crippen molar-refractivity contribution in [2.24, 2.45) is 11.5 Å². The van der Waals surface area contributed by atoms with Crippen LogP contribution >= 0.6 is 0 Å². The van der Waals surface area contributed by atoms with Gasteiger partial charge in [0.05, 0.1) is 25.0 Å². The van der Waals surface area contributed by atoms with E-state index in [2.05, 4.69) is 25.3 Å². The number of anilines is 1. The summed E-state index contributed by atoms with van der Waals surface area (Å²) in [6, 6.07) is 6.23. The Bertz CT molecular complexity index is 1550. The zero-order valence-corrected chi connectivity index (χ0v) is 23.4. The second-order valence-corrected chi connectivity index (χ2v) is 11.0. The number of hydrogen-bond donors (Lipinski definition) is 3. The van der Waals surface area contributed by atoms with Crippen molar-refractivity contribution in [1.29, 1.82) is 0 Å². The summed E-state index contributed by atoms with van der Waals surface area (Å²) >= 11 is 0. The summed E-state index contributed by atoms with van der Waals surface area (Å²) in [5.74, 6) is -3.10. The number of piperazine rings is 1. The van der Waals surface area contributed by atoms with Gasteiger partial charge in [0, 0.05) is 32.4 Å². The minimum Gasteiger partial charge on any atom is -0.477 e. The summed E-state index contributed by atoms with van der Waals surface area (Å²) in [4.78, 5) is 48.5. The largest absolute Gasteiger partial charge is 0.477 e. The zero-order valence-electron chi connectivity index (χ0n) is 22.6. The van der Waals surface area contributed by atoms with Gasteiger partial charge in [0.1, 0.15) is 16.1 Å². The van der Waals surface area contributed by atoms with Crippen molar-refractivity contribution < 1.29 is 27.5 Å².